The summed E-state index contributed by atoms with van der Waals surface area (Å²) in [6.45, 7) is 5.93. The summed E-state index contributed by atoms with van der Waals surface area (Å²) < 4.78 is 0. The molecule has 0 radical (unpaired) electrons. The summed E-state index contributed by atoms with van der Waals surface area (Å²) in [5, 5.41) is 6.83. The fraction of sp³-hybridized carbons (Fsp3) is 0.600. The molecule has 0 amide bonds. The zero-order chi connectivity index (χ0) is 11.1. The molecular formula is C10H17ClN4. The van der Waals surface area contributed by atoms with Gasteiger partial charge in [-0.2, -0.15) is 4.98 Å². The van der Waals surface area contributed by atoms with Gasteiger partial charge in [0, 0.05) is 13.1 Å². The summed E-state index contributed by atoms with van der Waals surface area (Å²) in [6, 6.07) is 0. The standard InChI is InChI=1S/C10H17ClN4/c1-3-5-12-9-8(11)7-14-10(15-9)13-6-4-2/h7H,3-6H2,1-2H3,(H2,12,13,14,15). The van der Waals surface area contributed by atoms with Crippen LogP contribution in [0, 0.1) is 0 Å². The third-order valence-electron chi connectivity index (χ3n) is 1.82. The highest BCUT2D eigenvalue weighted by Gasteiger charge is 2.03. The van der Waals surface area contributed by atoms with Crippen LogP contribution < -0.4 is 10.6 Å². The molecule has 84 valence electrons. The van der Waals surface area contributed by atoms with Crippen LogP contribution in [-0.4, -0.2) is 23.1 Å². The number of aromatic nitrogens is 2. The van der Waals surface area contributed by atoms with E-state index in [1.54, 1.807) is 6.20 Å². The lowest BCUT2D eigenvalue weighted by Crippen LogP contribution is -2.08. The van der Waals surface area contributed by atoms with E-state index in [2.05, 4.69) is 34.4 Å². The predicted molar refractivity (Wildman–Crippen MR) is 64.6 cm³/mol. The van der Waals surface area contributed by atoms with Gasteiger partial charge < -0.3 is 10.6 Å². The molecule has 0 aromatic carbocycles. The zero-order valence-electron chi connectivity index (χ0n) is 9.18. The highest BCUT2D eigenvalue weighted by Crippen LogP contribution is 2.19. The van der Waals surface area contributed by atoms with Crippen molar-refractivity contribution in [1.29, 1.82) is 0 Å². The number of anilines is 2. The lowest BCUT2D eigenvalue weighted by molar-refractivity contribution is 0.940. The van der Waals surface area contributed by atoms with E-state index in [0.717, 1.165) is 25.9 Å². The molecule has 0 bridgehead atoms. The van der Waals surface area contributed by atoms with Gasteiger partial charge in [-0.05, 0) is 12.8 Å². The first-order valence-corrected chi connectivity index (χ1v) is 5.66. The fourth-order valence-electron chi connectivity index (χ4n) is 1.06. The van der Waals surface area contributed by atoms with Gasteiger partial charge in [0.15, 0.2) is 0 Å². The Kier molecular flexibility index (Phi) is 5.18. The Morgan fingerprint density at radius 3 is 2.53 bits per heavy atom. The molecule has 2 N–H and O–H groups in total. The van der Waals surface area contributed by atoms with E-state index in [-0.39, 0.29) is 0 Å². The van der Waals surface area contributed by atoms with Crippen molar-refractivity contribution in [2.75, 3.05) is 23.7 Å². The van der Waals surface area contributed by atoms with E-state index in [1.165, 1.54) is 0 Å². The Balaban J connectivity index is 2.66. The third-order valence-corrected chi connectivity index (χ3v) is 2.10. The normalized spacial score (nSPS) is 10.1. The summed E-state index contributed by atoms with van der Waals surface area (Å²) in [6.07, 6.45) is 3.70. The molecule has 0 atom stereocenters. The fourth-order valence-corrected chi connectivity index (χ4v) is 1.21. The Labute approximate surface area is 95.5 Å². The van der Waals surface area contributed by atoms with E-state index < -0.39 is 0 Å². The maximum Gasteiger partial charge on any atom is 0.224 e. The van der Waals surface area contributed by atoms with Crippen LogP contribution in [0.4, 0.5) is 11.8 Å². The van der Waals surface area contributed by atoms with Gasteiger partial charge in [0.05, 0.1) is 6.20 Å². The predicted octanol–water partition coefficient (Wildman–Crippen LogP) is 2.77. The van der Waals surface area contributed by atoms with Crippen molar-refractivity contribution < 1.29 is 0 Å². The molecule has 0 saturated heterocycles. The molecule has 0 saturated carbocycles. The first kappa shape index (κ1) is 12.0. The Bertz CT molecular complexity index is 303. The maximum absolute atomic E-state index is 5.95. The summed E-state index contributed by atoms with van der Waals surface area (Å²) in [5.41, 5.74) is 0. The molecule has 0 aliphatic heterocycles. The van der Waals surface area contributed by atoms with Gasteiger partial charge in [0.25, 0.3) is 0 Å². The number of hydrogen-bond acceptors (Lipinski definition) is 4. The molecule has 1 aromatic rings. The first-order chi connectivity index (χ1) is 7.27. The van der Waals surface area contributed by atoms with E-state index >= 15 is 0 Å². The maximum atomic E-state index is 5.95. The Morgan fingerprint density at radius 1 is 1.20 bits per heavy atom. The molecule has 0 unspecified atom stereocenters. The average Bonchev–Trinajstić information content (AvgIpc) is 2.26. The number of rotatable bonds is 6. The van der Waals surface area contributed by atoms with Gasteiger partial charge in [-0.25, -0.2) is 4.98 Å². The van der Waals surface area contributed by atoms with Crippen molar-refractivity contribution in [2.45, 2.75) is 26.7 Å². The van der Waals surface area contributed by atoms with Gasteiger partial charge in [0.2, 0.25) is 5.95 Å². The van der Waals surface area contributed by atoms with Crippen LogP contribution in [0.2, 0.25) is 5.02 Å². The molecule has 1 heterocycles. The van der Waals surface area contributed by atoms with Crippen LogP contribution in [0.1, 0.15) is 26.7 Å². The van der Waals surface area contributed by atoms with Gasteiger partial charge in [0.1, 0.15) is 10.8 Å². The van der Waals surface area contributed by atoms with Gasteiger partial charge >= 0.3 is 0 Å². The van der Waals surface area contributed by atoms with Gasteiger partial charge in [-0.3, -0.25) is 0 Å². The van der Waals surface area contributed by atoms with Crippen molar-refractivity contribution in [3.8, 4) is 0 Å². The first-order valence-electron chi connectivity index (χ1n) is 5.28. The number of nitrogens with one attached hydrogen (secondary N) is 2. The summed E-state index contributed by atoms with van der Waals surface area (Å²) in [7, 11) is 0. The van der Waals surface area contributed by atoms with Crippen LogP contribution >= 0.6 is 11.6 Å². The van der Waals surface area contributed by atoms with Crippen LogP contribution in [0.5, 0.6) is 0 Å². The van der Waals surface area contributed by atoms with Crippen molar-refractivity contribution in [2.24, 2.45) is 0 Å². The number of hydrogen-bond donors (Lipinski definition) is 2. The smallest absolute Gasteiger partial charge is 0.224 e. The largest absolute Gasteiger partial charge is 0.369 e. The van der Waals surface area contributed by atoms with Gasteiger partial charge in [-0.1, -0.05) is 25.4 Å². The minimum atomic E-state index is 0.561. The Hall–Kier alpha value is -1.03. The summed E-state index contributed by atoms with van der Waals surface area (Å²) in [4.78, 5) is 8.37. The van der Waals surface area contributed by atoms with Crippen molar-refractivity contribution >= 4 is 23.4 Å². The summed E-state index contributed by atoms with van der Waals surface area (Å²) in [5.74, 6) is 1.33. The van der Waals surface area contributed by atoms with Crippen molar-refractivity contribution in [3.05, 3.63) is 11.2 Å². The zero-order valence-corrected chi connectivity index (χ0v) is 9.93. The van der Waals surface area contributed by atoms with Gasteiger partial charge in [-0.15, -0.1) is 0 Å². The minimum Gasteiger partial charge on any atom is -0.369 e. The molecule has 0 aliphatic carbocycles. The van der Waals surface area contributed by atoms with E-state index in [9.17, 15) is 0 Å². The molecular weight excluding hydrogens is 212 g/mol. The molecule has 1 aromatic heterocycles. The van der Waals surface area contributed by atoms with E-state index in [1.807, 2.05) is 0 Å². The molecule has 0 spiro atoms. The quantitative estimate of drug-likeness (QED) is 0.786. The van der Waals surface area contributed by atoms with Crippen LogP contribution in [-0.2, 0) is 0 Å². The van der Waals surface area contributed by atoms with Crippen molar-refractivity contribution in [3.63, 3.8) is 0 Å². The van der Waals surface area contributed by atoms with Crippen LogP contribution in [0.3, 0.4) is 0 Å². The third kappa shape index (κ3) is 3.91. The lowest BCUT2D eigenvalue weighted by atomic mass is 10.4. The topological polar surface area (TPSA) is 49.8 Å². The highest BCUT2D eigenvalue weighted by atomic mass is 35.5. The average molecular weight is 229 g/mol. The van der Waals surface area contributed by atoms with Crippen molar-refractivity contribution in [1.82, 2.24) is 9.97 Å². The molecule has 1 rings (SSSR count). The van der Waals surface area contributed by atoms with E-state index in [0.29, 0.717) is 16.8 Å². The Morgan fingerprint density at radius 2 is 1.87 bits per heavy atom. The monoisotopic (exact) mass is 228 g/mol. The number of nitrogens with zero attached hydrogens (tertiary/aromatic N) is 2. The molecule has 5 heteroatoms. The highest BCUT2D eigenvalue weighted by molar-refractivity contribution is 6.32. The second-order valence-corrected chi connectivity index (χ2v) is 3.65. The molecule has 4 nitrogen and oxygen atoms in total. The number of halogens is 1. The molecule has 0 aliphatic rings. The SMILES string of the molecule is CCCNc1ncc(Cl)c(NCCC)n1. The second kappa shape index (κ2) is 6.45. The molecule has 15 heavy (non-hydrogen) atoms. The van der Waals surface area contributed by atoms with Crippen LogP contribution in [0.25, 0.3) is 0 Å². The second-order valence-electron chi connectivity index (χ2n) is 3.24. The lowest BCUT2D eigenvalue weighted by Gasteiger charge is -2.08. The minimum absolute atomic E-state index is 0.561. The summed E-state index contributed by atoms with van der Waals surface area (Å²) >= 11 is 5.95. The molecule has 0 fully saturated rings. The van der Waals surface area contributed by atoms with Crippen LogP contribution in [0.15, 0.2) is 6.20 Å². The van der Waals surface area contributed by atoms with E-state index in [4.69, 9.17) is 11.6 Å².